The Morgan fingerprint density at radius 3 is 3.08 bits per heavy atom. The Hall–Kier alpha value is -0.220. The first-order chi connectivity index (χ1) is 5.75. The molecule has 3 N–H and O–H groups in total. The van der Waals surface area contributed by atoms with Gasteiger partial charge in [-0.15, -0.1) is 0 Å². The lowest BCUT2D eigenvalue weighted by atomic mass is 9.88. The van der Waals surface area contributed by atoms with E-state index in [-0.39, 0.29) is 16.6 Å². The summed E-state index contributed by atoms with van der Waals surface area (Å²) < 4.78 is 0.159. The summed E-state index contributed by atoms with van der Waals surface area (Å²) >= 11 is 1.93. The third kappa shape index (κ3) is 1.13. The van der Waals surface area contributed by atoms with Crippen LogP contribution in [0.1, 0.15) is 12.8 Å². The maximum atomic E-state index is 11.1. The number of nitrogens with two attached hydrogens (primary N) is 1. The summed E-state index contributed by atoms with van der Waals surface area (Å²) in [6, 6.07) is 0. The predicted molar refractivity (Wildman–Crippen MR) is 50.0 cm³/mol. The van der Waals surface area contributed by atoms with Crippen molar-refractivity contribution < 1.29 is 4.79 Å². The highest BCUT2D eigenvalue weighted by Crippen LogP contribution is 2.46. The lowest BCUT2D eigenvalue weighted by Crippen LogP contribution is -2.40. The molecule has 2 saturated heterocycles. The number of rotatable bonds is 1. The van der Waals surface area contributed by atoms with Gasteiger partial charge in [0.25, 0.3) is 0 Å². The van der Waals surface area contributed by atoms with Gasteiger partial charge in [-0.05, 0) is 25.1 Å². The molecule has 2 fully saturated rings. The molecule has 2 rings (SSSR count). The molecule has 0 aromatic carbocycles. The normalized spacial score (nSPS) is 40.8. The first-order valence-electron chi connectivity index (χ1n) is 4.39. The van der Waals surface area contributed by atoms with E-state index in [0.29, 0.717) is 0 Å². The van der Waals surface area contributed by atoms with Crippen LogP contribution in [0.4, 0.5) is 0 Å². The first kappa shape index (κ1) is 8.38. The highest BCUT2D eigenvalue weighted by molar-refractivity contribution is 8.01. The van der Waals surface area contributed by atoms with Crippen LogP contribution in [-0.4, -0.2) is 29.5 Å². The number of carbonyl (C=O) groups excluding carboxylic acids is 1. The minimum atomic E-state index is -0.108. The van der Waals surface area contributed by atoms with E-state index in [1.165, 1.54) is 0 Å². The van der Waals surface area contributed by atoms with Gasteiger partial charge in [0.05, 0.1) is 5.92 Å². The van der Waals surface area contributed by atoms with Gasteiger partial charge in [-0.3, -0.25) is 4.79 Å². The molecular weight excluding hydrogens is 172 g/mol. The maximum Gasteiger partial charge on any atom is 0.222 e. The third-order valence-electron chi connectivity index (χ3n) is 2.92. The van der Waals surface area contributed by atoms with Gasteiger partial charge in [0.15, 0.2) is 0 Å². The van der Waals surface area contributed by atoms with E-state index in [4.69, 9.17) is 5.73 Å². The Morgan fingerprint density at radius 2 is 2.50 bits per heavy atom. The minimum Gasteiger partial charge on any atom is -0.369 e. The second-order valence-corrected chi connectivity index (χ2v) is 5.09. The third-order valence-corrected chi connectivity index (χ3v) is 4.57. The average Bonchev–Trinajstić information content (AvgIpc) is 2.61. The lowest BCUT2D eigenvalue weighted by molar-refractivity contribution is -0.122. The van der Waals surface area contributed by atoms with Crippen LogP contribution in [0.25, 0.3) is 0 Å². The van der Waals surface area contributed by atoms with Gasteiger partial charge < -0.3 is 11.1 Å². The number of nitrogens with one attached hydrogen (secondary N) is 1. The maximum absolute atomic E-state index is 11.1. The number of hydrogen-bond acceptors (Lipinski definition) is 3. The molecule has 0 saturated carbocycles. The summed E-state index contributed by atoms with van der Waals surface area (Å²) in [6.45, 7) is 2.00. The van der Waals surface area contributed by atoms with Crippen LogP contribution in [0, 0.1) is 5.92 Å². The summed E-state index contributed by atoms with van der Waals surface area (Å²) in [4.78, 5) is 11.1. The fourth-order valence-electron chi connectivity index (χ4n) is 2.25. The summed E-state index contributed by atoms with van der Waals surface area (Å²) in [5, 5.41) is 3.31. The van der Waals surface area contributed by atoms with Gasteiger partial charge in [-0.25, -0.2) is 0 Å². The highest BCUT2D eigenvalue weighted by atomic mass is 32.2. The summed E-state index contributed by atoms with van der Waals surface area (Å²) in [5.74, 6) is 1.09. The molecule has 0 aromatic rings. The van der Waals surface area contributed by atoms with Crippen LogP contribution >= 0.6 is 11.8 Å². The Morgan fingerprint density at radius 1 is 1.67 bits per heavy atom. The monoisotopic (exact) mass is 186 g/mol. The zero-order chi connectivity index (χ0) is 8.60. The smallest absolute Gasteiger partial charge is 0.222 e. The molecule has 3 nitrogen and oxygen atoms in total. The second-order valence-electron chi connectivity index (χ2n) is 3.58. The van der Waals surface area contributed by atoms with Crippen molar-refractivity contribution in [3.63, 3.8) is 0 Å². The van der Waals surface area contributed by atoms with Crippen LogP contribution in [-0.2, 0) is 4.79 Å². The molecule has 2 unspecified atom stereocenters. The fraction of sp³-hybridized carbons (Fsp3) is 0.875. The number of hydrogen-bond donors (Lipinski definition) is 2. The highest BCUT2D eigenvalue weighted by Gasteiger charge is 2.48. The molecule has 0 radical (unpaired) electrons. The number of primary amides is 1. The molecule has 2 heterocycles. The quantitative estimate of drug-likeness (QED) is 0.604. The molecule has 0 aromatic heterocycles. The van der Waals surface area contributed by atoms with E-state index in [1.54, 1.807) is 0 Å². The summed E-state index contributed by atoms with van der Waals surface area (Å²) in [6.07, 6.45) is 2.08. The van der Waals surface area contributed by atoms with Crippen LogP contribution in [0.15, 0.2) is 0 Å². The van der Waals surface area contributed by atoms with Gasteiger partial charge in [-0.2, -0.15) is 11.8 Å². The first-order valence-corrected chi connectivity index (χ1v) is 5.37. The molecule has 1 amide bonds. The molecule has 2 aliphatic heterocycles. The van der Waals surface area contributed by atoms with Gasteiger partial charge in [-0.1, -0.05) is 0 Å². The zero-order valence-corrected chi connectivity index (χ0v) is 7.82. The van der Waals surface area contributed by atoms with Crippen LogP contribution in [0.5, 0.6) is 0 Å². The van der Waals surface area contributed by atoms with Gasteiger partial charge in [0, 0.05) is 11.3 Å². The van der Waals surface area contributed by atoms with E-state index in [9.17, 15) is 4.79 Å². The van der Waals surface area contributed by atoms with Crippen LogP contribution in [0.2, 0.25) is 0 Å². The Bertz CT molecular complexity index is 196. The van der Waals surface area contributed by atoms with Gasteiger partial charge in [0.2, 0.25) is 5.91 Å². The van der Waals surface area contributed by atoms with E-state index >= 15 is 0 Å². The van der Waals surface area contributed by atoms with Crippen molar-refractivity contribution in [1.82, 2.24) is 5.32 Å². The van der Waals surface area contributed by atoms with Crippen molar-refractivity contribution in [1.29, 1.82) is 0 Å². The number of amides is 1. The van der Waals surface area contributed by atoms with E-state index in [1.807, 2.05) is 11.8 Å². The van der Waals surface area contributed by atoms with Gasteiger partial charge in [0.1, 0.15) is 0 Å². The molecule has 0 aliphatic carbocycles. The SMILES string of the molecule is NC(=O)C1CCSC12CCNC2. The molecule has 0 bridgehead atoms. The van der Waals surface area contributed by atoms with Crippen molar-refractivity contribution in [2.45, 2.75) is 17.6 Å². The summed E-state index contributed by atoms with van der Waals surface area (Å²) in [5.41, 5.74) is 5.37. The molecule has 68 valence electrons. The Labute approximate surface area is 76.5 Å². The standard InChI is InChI=1S/C8H14N2OS/c9-7(11)6-1-4-12-8(6)2-3-10-5-8/h6,10H,1-5H2,(H2,9,11). The fourth-order valence-corrected chi connectivity index (χ4v) is 3.90. The van der Waals surface area contributed by atoms with Crippen molar-refractivity contribution in [3.05, 3.63) is 0 Å². The summed E-state index contributed by atoms with van der Waals surface area (Å²) in [7, 11) is 0. The molecule has 2 aliphatic rings. The predicted octanol–water partition coefficient (Wildman–Crippen LogP) is -0.0431. The lowest BCUT2D eigenvalue weighted by Gasteiger charge is -2.26. The topological polar surface area (TPSA) is 55.1 Å². The van der Waals surface area contributed by atoms with Crippen molar-refractivity contribution >= 4 is 17.7 Å². The molecule has 4 heteroatoms. The van der Waals surface area contributed by atoms with Crippen LogP contribution < -0.4 is 11.1 Å². The van der Waals surface area contributed by atoms with Crippen molar-refractivity contribution in [3.8, 4) is 0 Å². The molecule has 12 heavy (non-hydrogen) atoms. The molecule has 1 spiro atoms. The number of thioether (sulfide) groups is 1. The zero-order valence-electron chi connectivity index (χ0n) is 7.01. The molecular formula is C8H14N2OS. The van der Waals surface area contributed by atoms with E-state index in [0.717, 1.165) is 31.7 Å². The van der Waals surface area contributed by atoms with E-state index in [2.05, 4.69) is 5.32 Å². The second kappa shape index (κ2) is 2.92. The van der Waals surface area contributed by atoms with Crippen molar-refractivity contribution in [2.75, 3.05) is 18.8 Å². The van der Waals surface area contributed by atoms with E-state index < -0.39 is 0 Å². The Kier molecular flexibility index (Phi) is 2.04. The van der Waals surface area contributed by atoms with Crippen LogP contribution in [0.3, 0.4) is 0 Å². The largest absolute Gasteiger partial charge is 0.369 e. The minimum absolute atomic E-state index is 0.108. The van der Waals surface area contributed by atoms with Crippen molar-refractivity contribution in [2.24, 2.45) is 11.7 Å². The molecule has 2 atom stereocenters. The Balaban J connectivity index is 2.17. The average molecular weight is 186 g/mol. The number of carbonyl (C=O) groups is 1. The van der Waals surface area contributed by atoms with Gasteiger partial charge >= 0.3 is 0 Å².